The molecule has 0 saturated carbocycles. The van der Waals surface area contributed by atoms with Gasteiger partial charge in [0.2, 0.25) is 0 Å². The van der Waals surface area contributed by atoms with Gasteiger partial charge in [-0.15, -0.1) is 0 Å². The van der Waals surface area contributed by atoms with Gasteiger partial charge in [-0.25, -0.2) is 0 Å². The summed E-state index contributed by atoms with van der Waals surface area (Å²) in [4.78, 5) is 0. The molecule has 0 spiro atoms. The molecule has 0 unspecified atom stereocenters. The molecule has 2 aromatic rings. The SMILES string of the molecule is CO.COc1cccc(-c2ccccc2C)c1. The molecule has 0 aliphatic rings. The number of hydrogen-bond acceptors (Lipinski definition) is 2. The largest absolute Gasteiger partial charge is 0.497 e. The first-order valence-corrected chi connectivity index (χ1v) is 5.46. The standard InChI is InChI=1S/C14H14O.CH4O/c1-11-6-3-4-9-14(11)12-7-5-8-13(10-12)15-2;1-2/h3-10H,1-2H3;2H,1H3. The van der Waals surface area contributed by atoms with Crippen LogP contribution < -0.4 is 4.74 Å². The normalized spacial score (nSPS) is 9.18. The minimum atomic E-state index is 0.899. The maximum absolute atomic E-state index is 7.00. The number of methoxy groups -OCH3 is 1. The molecule has 0 saturated heterocycles. The Morgan fingerprint density at radius 2 is 1.65 bits per heavy atom. The average Bonchev–Trinajstić information content (AvgIpc) is 2.42. The van der Waals surface area contributed by atoms with Gasteiger partial charge < -0.3 is 9.84 Å². The molecular weight excluding hydrogens is 212 g/mol. The van der Waals surface area contributed by atoms with E-state index in [9.17, 15) is 0 Å². The van der Waals surface area contributed by atoms with Crippen molar-refractivity contribution in [3.63, 3.8) is 0 Å². The first-order valence-electron chi connectivity index (χ1n) is 5.46. The van der Waals surface area contributed by atoms with Crippen molar-refractivity contribution < 1.29 is 9.84 Å². The van der Waals surface area contributed by atoms with Crippen molar-refractivity contribution in [3.05, 3.63) is 54.1 Å². The Bertz CT molecular complexity index is 464. The lowest BCUT2D eigenvalue weighted by atomic mass is 10.0. The molecule has 0 fully saturated rings. The zero-order chi connectivity index (χ0) is 12.7. The van der Waals surface area contributed by atoms with Gasteiger partial charge in [0.25, 0.3) is 0 Å². The van der Waals surface area contributed by atoms with Crippen LogP contribution in [0.3, 0.4) is 0 Å². The molecule has 0 atom stereocenters. The van der Waals surface area contributed by atoms with E-state index in [1.807, 2.05) is 12.1 Å². The highest BCUT2D eigenvalue weighted by Gasteiger charge is 2.01. The molecule has 2 nitrogen and oxygen atoms in total. The van der Waals surface area contributed by atoms with Crippen LogP contribution in [0.2, 0.25) is 0 Å². The quantitative estimate of drug-likeness (QED) is 0.858. The van der Waals surface area contributed by atoms with Gasteiger partial charge in [-0.3, -0.25) is 0 Å². The summed E-state index contributed by atoms with van der Waals surface area (Å²) in [6, 6.07) is 16.5. The van der Waals surface area contributed by atoms with Gasteiger partial charge in [0.15, 0.2) is 0 Å². The Kier molecular flexibility index (Phi) is 5.24. The predicted molar refractivity (Wildman–Crippen MR) is 71.3 cm³/mol. The van der Waals surface area contributed by atoms with Crippen LogP contribution in [0.5, 0.6) is 5.75 Å². The van der Waals surface area contributed by atoms with Crippen molar-refractivity contribution in [1.29, 1.82) is 0 Å². The van der Waals surface area contributed by atoms with Crippen molar-refractivity contribution in [2.75, 3.05) is 14.2 Å². The van der Waals surface area contributed by atoms with Gasteiger partial charge in [-0.1, -0.05) is 36.4 Å². The zero-order valence-corrected chi connectivity index (χ0v) is 10.5. The lowest BCUT2D eigenvalue weighted by Crippen LogP contribution is -1.85. The maximum Gasteiger partial charge on any atom is 0.119 e. The average molecular weight is 230 g/mol. The van der Waals surface area contributed by atoms with E-state index in [0.717, 1.165) is 12.9 Å². The molecule has 0 radical (unpaired) electrons. The van der Waals surface area contributed by atoms with Crippen LogP contribution in [0.15, 0.2) is 48.5 Å². The van der Waals surface area contributed by atoms with Crippen LogP contribution in [0.25, 0.3) is 11.1 Å². The van der Waals surface area contributed by atoms with Crippen molar-refractivity contribution in [2.24, 2.45) is 0 Å². The first-order chi connectivity index (χ1) is 8.31. The van der Waals surface area contributed by atoms with Crippen LogP contribution >= 0.6 is 0 Å². The van der Waals surface area contributed by atoms with E-state index in [0.29, 0.717) is 0 Å². The molecule has 0 aromatic heterocycles. The third-order valence-corrected chi connectivity index (χ3v) is 2.53. The van der Waals surface area contributed by atoms with Crippen LogP contribution in [0, 0.1) is 6.92 Å². The summed E-state index contributed by atoms with van der Waals surface area (Å²) in [6.45, 7) is 2.12. The molecule has 2 heteroatoms. The molecule has 17 heavy (non-hydrogen) atoms. The van der Waals surface area contributed by atoms with Crippen molar-refractivity contribution >= 4 is 0 Å². The summed E-state index contributed by atoms with van der Waals surface area (Å²) in [7, 11) is 2.69. The number of aliphatic hydroxyl groups is 1. The lowest BCUT2D eigenvalue weighted by Gasteiger charge is -2.07. The van der Waals surface area contributed by atoms with Crippen molar-refractivity contribution in [2.45, 2.75) is 6.92 Å². The fraction of sp³-hybridized carbons (Fsp3) is 0.200. The second kappa shape index (κ2) is 6.71. The van der Waals surface area contributed by atoms with E-state index in [4.69, 9.17) is 9.84 Å². The highest BCUT2D eigenvalue weighted by Crippen LogP contribution is 2.26. The Hall–Kier alpha value is -1.80. The minimum absolute atomic E-state index is 0.899. The maximum atomic E-state index is 7.00. The topological polar surface area (TPSA) is 29.5 Å². The van der Waals surface area contributed by atoms with Crippen LogP contribution in [-0.2, 0) is 0 Å². The van der Waals surface area contributed by atoms with E-state index < -0.39 is 0 Å². The summed E-state index contributed by atoms with van der Waals surface area (Å²) in [5.41, 5.74) is 3.75. The highest BCUT2D eigenvalue weighted by molar-refractivity contribution is 5.68. The van der Waals surface area contributed by atoms with E-state index in [1.54, 1.807) is 7.11 Å². The molecule has 0 amide bonds. The third-order valence-electron chi connectivity index (χ3n) is 2.53. The van der Waals surface area contributed by atoms with Gasteiger partial charge in [0, 0.05) is 7.11 Å². The monoisotopic (exact) mass is 230 g/mol. The Morgan fingerprint density at radius 3 is 2.29 bits per heavy atom. The van der Waals surface area contributed by atoms with Gasteiger partial charge in [-0.05, 0) is 35.7 Å². The Morgan fingerprint density at radius 1 is 0.941 bits per heavy atom. The molecule has 0 bridgehead atoms. The van der Waals surface area contributed by atoms with Gasteiger partial charge in [-0.2, -0.15) is 0 Å². The summed E-state index contributed by atoms with van der Waals surface area (Å²) in [6.07, 6.45) is 0. The molecule has 2 aromatic carbocycles. The van der Waals surface area contributed by atoms with E-state index in [-0.39, 0.29) is 0 Å². The van der Waals surface area contributed by atoms with Gasteiger partial charge >= 0.3 is 0 Å². The van der Waals surface area contributed by atoms with Crippen LogP contribution in [0.1, 0.15) is 5.56 Å². The summed E-state index contributed by atoms with van der Waals surface area (Å²) >= 11 is 0. The van der Waals surface area contributed by atoms with E-state index >= 15 is 0 Å². The Labute approximate surface area is 102 Å². The molecule has 1 N–H and O–H groups in total. The number of benzene rings is 2. The minimum Gasteiger partial charge on any atom is -0.497 e. The smallest absolute Gasteiger partial charge is 0.119 e. The fourth-order valence-corrected chi connectivity index (χ4v) is 1.69. The van der Waals surface area contributed by atoms with E-state index in [2.05, 4.69) is 43.3 Å². The second-order valence-corrected chi connectivity index (χ2v) is 3.55. The van der Waals surface area contributed by atoms with Gasteiger partial charge in [0.05, 0.1) is 7.11 Å². The molecule has 0 heterocycles. The number of rotatable bonds is 2. The van der Waals surface area contributed by atoms with Crippen molar-refractivity contribution in [3.8, 4) is 16.9 Å². The summed E-state index contributed by atoms with van der Waals surface area (Å²) in [5.74, 6) is 0.899. The van der Waals surface area contributed by atoms with E-state index in [1.165, 1.54) is 16.7 Å². The summed E-state index contributed by atoms with van der Waals surface area (Å²) < 4.78 is 5.22. The molecule has 0 aliphatic heterocycles. The predicted octanol–water partition coefficient (Wildman–Crippen LogP) is 3.28. The third kappa shape index (κ3) is 3.33. The number of aryl methyl sites for hydroxylation is 1. The zero-order valence-electron chi connectivity index (χ0n) is 10.5. The van der Waals surface area contributed by atoms with Crippen LogP contribution in [0.4, 0.5) is 0 Å². The molecular formula is C15H18O2. The van der Waals surface area contributed by atoms with Crippen molar-refractivity contribution in [1.82, 2.24) is 0 Å². The number of hydrogen-bond donors (Lipinski definition) is 1. The van der Waals surface area contributed by atoms with Crippen LogP contribution in [-0.4, -0.2) is 19.3 Å². The Balaban J connectivity index is 0.000000686. The second-order valence-electron chi connectivity index (χ2n) is 3.55. The molecule has 0 aliphatic carbocycles. The fourth-order valence-electron chi connectivity index (χ4n) is 1.69. The number of aliphatic hydroxyl groups excluding tert-OH is 1. The number of ether oxygens (including phenoxy) is 1. The lowest BCUT2D eigenvalue weighted by molar-refractivity contribution is 0.399. The van der Waals surface area contributed by atoms with Gasteiger partial charge in [0.1, 0.15) is 5.75 Å². The molecule has 2 rings (SSSR count). The highest BCUT2D eigenvalue weighted by atomic mass is 16.5. The summed E-state index contributed by atoms with van der Waals surface area (Å²) in [5, 5.41) is 7.00. The molecule has 90 valence electrons. The first kappa shape index (κ1) is 13.3.